The number of rotatable bonds is 7. The van der Waals surface area contributed by atoms with Crippen LogP contribution in [0.4, 0.5) is 0 Å². The Morgan fingerprint density at radius 3 is 2.26 bits per heavy atom. The summed E-state index contributed by atoms with van der Waals surface area (Å²) in [6, 6.07) is 18.6. The lowest BCUT2D eigenvalue weighted by Gasteiger charge is -2.16. The Balaban J connectivity index is 0.00000272. The normalized spacial score (nSPS) is 11.1. The Hall–Kier alpha value is -3.14. The molecule has 0 fully saturated rings. The second kappa shape index (κ2) is 11.3. The first-order valence-corrected chi connectivity index (χ1v) is 9.88. The van der Waals surface area contributed by atoms with Crippen molar-refractivity contribution in [3.63, 3.8) is 0 Å². The predicted octanol–water partition coefficient (Wildman–Crippen LogP) is 3.60. The van der Waals surface area contributed by atoms with Crippen LogP contribution in [0, 0.1) is 0 Å². The molecule has 0 radical (unpaired) electrons. The topological polar surface area (TPSA) is 72.1 Å². The van der Waals surface area contributed by atoms with Crippen LogP contribution in [0.1, 0.15) is 16.7 Å². The molecule has 31 heavy (non-hydrogen) atoms. The molecule has 0 aliphatic heterocycles. The van der Waals surface area contributed by atoms with Gasteiger partial charge in [-0.3, -0.25) is 9.67 Å². The van der Waals surface area contributed by atoms with E-state index in [4.69, 9.17) is 0 Å². The molecule has 0 saturated heterocycles. The zero-order valence-corrected chi connectivity index (χ0v) is 19.7. The molecule has 2 N–H and O–H groups in total. The van der Waals surface area contributed by atoms with Crippen LogP contribution >= 0.6 is 24.0 Å². The highest BCUT2D eigenvalue weighted by molar-refractivity contribution is 14.0. The maximum absolute atomic E-state index is 4.37. The van der Waals surface area contributed by atoms with E-state index < -0.39 is 0 Å². The van der Waals surface area contributed by atoms with Gasteiger partial charge in [0.2, 0.25) is 0 Å². The lowest BCUT2D eigenvalue weighted by atomic mass is 10.1. The van der Waals surface area contributed by atoms with Gasteiger partial charge in [-0.1, -0.05) is 42.5 Å². The average Bonchev–Trinajstić information content (AvgIpc) is 3.50. The maximum Gasteiger partial charge on any atom is 0.191 e. The van der Waals surface area contributed by atoms with Crippen molar-refractivity contribution >= 4 is 29.9 Å². The van der Waals surface area contributed by atoms with E-state index in [9.17, 15) is 0 Å². The van der Waals surface area contributed by atoms with Crippen LogP contribution in [-0.4, -0.2) is 32.3 Å². The third kappa shape index (κ3) is 5.94. The Kier molecular flexibility index (Phi) is 8.22. The molecular formula is C23H26IN7. The van der Waals surface area contributed by atoms with Crippen molar-refractivity contribution in [2.45, 2.75) is 19.6 Å². The van der Waals surface area contributed by atoms with Crippen molar-refractivity contribution in [1.29, 1.82) is 0 Å². The fraction of sp³-hybridized carbons (Fsp3) is 0.174. The molecule has 0 bridgehead atoms. The molecule has 0 aliphatic carbocycles. The number of nitrogens with zero attached hydrogens (tertiary/aromatic N) is 5. The third-order valence-electron chi connectivity index (χ3n) is 4.90. The van der Waals surface area contributed by atoms with Gasteiger partial charge in [0.25, 0.3) is 0 Å². The van der Waals surface area contributed by atoms with Crippen molar-refractivity contribution in [2.75, 3.05) is 7.05 Å². The number of benzene rings is 2. The SMILES string of the molecule is CN=C(NCc1ccccc1Cn1cccn1)NCc1ccccc1-n1ccnc1.I. The first kappa shape index (κ1) is 22.5. The lowest BCUT2D eigenvalue weighted by Crippen LogP contribution is -2.36. The number of hydrogen-bond donors (Lipinski definition) is 2. The molecule has 7 nitrogen and oxygen atoms in total. The molecular weight excluding hydrogens is 501 g/mol. The second-order valence-electron chi connectivity index (χ2n) is 6.85. The van der Waals surface area contributed by atoms with Crippen LogP contribution in [0.25, 0.3) is 5.69 Å². The Labute approximate surface area is 199 Å². The Bertz CT molecular complexity index is 1090. The summed E-state index contributed by atoms with van der Waals surface area (Å²) in [5.41, 5.74) is 4.71. The molecule has 0 spiro atoms. The number of para-hydroxylation sites is 1. The highest BCUT2D eigenvalue weighted by atomic mass is 127. The average molecular weight is 527 g/mol. The number of guanidine groups is 1. The maximum atomic E-state index is 4.37. The number of halogens is 1. The molecule has 0 atom stereocenters. The summed E-state index contributed by atoms with van der Waals surface area (Å²) in [4.78, 5) is 8.52. The Morgan fingerprint density at radius 1 is 0.871 bits per heavy atom. The number of aliphatic imine (C=N–C) groups is 1. The number of aromatic nitrogens is 4. The second-order valence-corrected chi connectivity index (χ2v) is 6.85. The van der Waals surface area contributed by atoms with Crippen LogP contribution in [0.3, 0.4) is 0 Å². The molecule has 8 heteroatoms. The fourth-order valence-electron chi connectivity index (χ4n) is 3.35. The summed E-state index contributed by atoms with van der Waals surface area (Å²) >= 11 is 0. The monoisotopic (exact) mass is 527 g/mol. The smallest absolute Gasteiger partial charge is 0.191 e. The standard InChI is InChI=1S/C23H25N7.HI/c1-24-23(27-16-20-8-4-5-10-22(20)29-14-12-25-18-29)26-15-19-7-2-3-9-21(19)17-30-13-6-11-28-30;/h2-14,18H,15-17H2,1H3,(H2,24,26,27);1H. The molecule has 2 heterocycles. The summed E-state index contributed by atoms with van der Waals surface area (Å²) in [5.74, 6) is 0.754. The lowest BCUT2D eigenvalue weighted by molar-refractivity contribution is 0.677. The molecule has 160 valence electrons. The van der Waals surface area contributed by atoms with Gasteiger partial charge in [0, 0.05) is 44.9 Å². The van der Waals surface area contributed by atoms with Crippen LogP contribution < -0.4 is 10.6 Å². The van der Waals surface area contributed by atoms with Crippen LogP contribution in [0.5, 0.6) is 0 Å². The molecule has 0 aliphatic rings. The minimum Gasteiger partial charge on any atom is -0.352 e. The molecule has 0 amide bonds. The van der Waals surface area contributed by atoms with Gasteiger partial charge in [-0.05, 0) is 28.8 Å². The van der Waals surface area contributed by atoms with Gasteiger partial charge >= 0.3 is 0 Å². The molecule has 0 unspecified atom stereocenters. The van der Waals surface area contributed by atoms with E-state index in [1.165, 1.54) is 11.1 Å². The van der Waals surface area contributed by atoms with E-state index in [0.29, 0.717) is 13.1 Å². The van der Waals surface area contributed by atoms with E-state index in [1.54, 1.807) is 19.4 Å². The number of nitrogens with one attached hydrogen (secondary N) is 2. The van der Waals surface area contributed by atoms with Crippen LogP contribution in [0.2, 0.25) is 0 Å². The zero-order valence-electron chi connectivity index (χ0n) is 17.3. The summed E-state index contributed by atoms with van der Waals surface area (Å²) in [6.07, 6.45) is 9.31. The first-order chi connectivity index (χ1) is 14.8. The van der Waals surface area contributed by atoms with Gasteiger partial charge < -0.3 is 15.2 Å². The third-order valence-corrected chi connectivity index (χ3v) is 4.90. The molecule has 2 aromatic carbocycles. The highest BCUT2D eigenvalue weighted by Crippen LogP contribution is 2.14. The van der Waals surface area contributed by atoms with Crippen molar-refractivity contribution in [2.24, 2.45) is 4.99 Å². The number of hydrogen-bond acceptors (Lipinski definition) is 3. The molecule has 2 aromatic heterocycles. The summed E-state index contributed by atoms with van der Waals surface area (Å²) < 4.78 is 3.94. The van der Waals surface area contributed by atoms with Crippen molar-refractivity contribution < 1.29 is 0 Å². The van der Waals surface area contributed by atoms with E-state index in [2.05, 4.69) is 62.1 Å². The quantitative estimate of drug-likeness (QED) is 0.219. The van der Waals surface area contributed by atoms with Crippen LogP contribution in [0.15, 0.2) is 90.7 Å². The highest BCUT2D eigenvalue weighted by Gasteiger charge is 2.07. The van der Waals surface area contributed by atoms with Crippen molar-refractivity contribution in [3.8, 4) is 5.69 Å². The zero-order chi connectivity index (χ0) is 20.6. The van der Waals surface area contributed by atoms with Gasteiger partial charge in [-0.15, -0.1) is 24.0 Å². The predicted molar refractivity (Wildman–Crippen MR) is 134 cm³/mol. The van der Waals surface area contributed by atoms with Gasteiger partial charge in [0.05, 0.1) is 18.6 Å². The number of imidazole rings is 1. The first-order valence-electron chi connectivity index (χ1n) is 9.88. The van der Waals surface area contributed by atoms with E-state index in [0.717, 1.165) is 23.8 Å². The summed E-state index contributed by atoms with van der Waals surface area (Å²) in [6.45, 7) is 2.08. The van der Waals surface area contributed by atoms with Gasteiger partial charge in [-0.2, -0.15) is 5.10 Å². The van der Waals surface area contributed by atoms with Gasteiger partial charge in [0.15, 0.2) is 5.96 Å². The molecule has 0 saturated carbocycles. The molecule has 4 rings (SSSR count). The summed E-state index contributed by atoms with van der Waals surface area (Å²) in [5, 5.41) is 11.1. The van der Waals surface area contributed by atoms with E-state index >= 15 is 0 Å². The van der Waals surface area contributed by atoms with Crippen molar-refractivity contribution in [1.82, 2.24) is 30.0 Å². The van der Waals surface area contributed by atoms with E-state index in [1.807, 2.05) is 46.2 Å². The summed E-state index contributed by atoms with van der Waals surface area (Å²) in [7, 11) is 1.78. The van der Waals surface area contributed by atoms with Gasteiger partial charge in [-0.25, -0.2) is 4.98 Å². The fourth-order valence-corrected chi connectivity index (χ4v) is 3.35. The van der Waals surface area contributed by atoms with Crippen LogP contribution in [-0.2, 0) is 19.6 Å². The minimum atomic E-state index is 0. The molecule has 4 aromatic rings. The largest absolute Gasteiger partial charge is 0.352 e. The Morgan fingerprint density at radius 2 is 1.58 bits per heavy atom. The van der Waals surface area contributed by atoms with Crippen molar-refractivity contribution in [3.05, 3.63) is 102 Å². The van der Waals surface area contributed by atoms with Gasteiger partial charge in [0.1, 0.15) is 0 Å². The minimum absolute atomic E-state index is 0. The van der Waals surface area contributed by atoms with E-state index in [-0.39, 0.29) is 24.0 Å².